The average Bonchev–Trinajstić information content (AvgIpc) is 2.88. The predicted molar refractivity (Wildman–Crippen MR) is 75.8 cm³/mol. The Morgan fingerprint density at radius 2 is 1.84 bits per heavy atom. The fraction of sp³-hybridized carbons (Fsp3) is 0.933. The maximum atomic E-state index is 11.9. The Balaban J connectivity index is 1.56. The summed E-state index contributed by atoms with van der Waals surface area (Å²) in [6.45, 7) is 1.25. The number of carbonyl (C=O) groups excluding carboxylic acids is 1. The van der Waals surface area contributed by atoms with Crippen molar-refractivity contribution in [3.63, 3.8) is 0 Å². The third-order valence-electron chi connectivity index (χ3n) is 4.44. The molecule has 2 saturated carbocycles. The van der Waals surface area contributed by atoms with Crippen LogP contribution in [-0.2, 0) is 9.53 Å². The van der Waals surface area contributed by atoms with Crippen LogP contribution in [0.5, 0.6) is 0 Å². The molecule has 0 atom stereocenters. The summed E-state index contributed by atoms with van der Waals surface area (Å²) in [5, 5.41) is 2.94. The smallest absolute Gasteiger partial charge is 0.221 e. The highest BCUT2D eigenvalue weighted by Crippen LogP contribution is 2.28. The molecule has 2 fully saturated rings. The first-order valence-electron chi connectivity index (χ1n) is 7.85. The van der Waals surface area contributed by atoms with Gasteiger partial charge in [0.1, 0.15) is 0 Å². The van der Waals surface area contributed by atoms with Crippen LogP contribution in [0.4, 0.5) is 0 Å². The molecule has 0 aliphatic heterocycles. The monoisotopic (exact) mass is 268 g/mol. The second-order valence-electron chi connectivity index (χ2n) is 6.23. The molecule has 0 aromatic carbocycles. The van der Waals surface area contributed by atoms with Crippen LogP contribution in [0.15, 0.2) is 0 Å². The van der Waals surface area contributed by atoms with Crippen molar-refractivity contribution in [2.75, 3.05) is 13.2 Å². The molecule has 0 bridgehead atoms. The molecule has 4 heteroatoms. The molecule has 19 heavy (non-hydrogen) atoms. The Morgan fingerprint density at radius 1 is 1.16 bits per heavy atom. The summed E-state index contributed by atoms with van der Waals surface area (Å²) < 4.78 is 5.72. The molecule has 0 aromatic rings. The lowest BCUT2D eigenvalue weighted by molar-refractivity contribution is -0.122. The van der Waals surface area contributed by atoms with Crippen molar-refractivity contribution in [3.05, 3.63) is 0 Å². The van der Waals surface area contributed by atoms with Crippen molar-refractivity contribution in [3.8, 4) is 0 Å². The molecule has 2 aliphatic rings. The van der Waals surface area contributed by atoms with Gasteiger partial charge >= 0.3 is 0 Å². The zero-order valence-corrected chi connectivity index (χ0v) is 12.0. The zero-order chi connectivity index (χ0) is 13.6. The third-order valence-corrected chi connectivity index (χ3v) is 4.44. The molecule has 0 saturated heterocycles. The number of carbonyl (C=O) groups is 1. The van der Waals surface area contributed by atoms with Crippen LogP contribution in [0.1, 0.15) is 64.2 Å². The standard InChI is InChI=1S/C15H28N2O2/c16-15(8-4-1-5-9-15)12-14(18)17-10-11-19-13-6-2-3-7-13/h13H,1-12,16H2,(H,17,18). The van der Waals surface area contributed by atoms with Crippen LogP contribution >= 0.6 is 0 Å². The van der Waals surface area contributed by atoms with E-state index in [9.17, 15) is 4.79 Å². The molecule has 0 radical (unpaired) electrons. The van der Waals surface area contributed by atoms with Gasteiger partial charge in [-0.2, -0.15) is 0 Å². The van der Waals surface area contributed by atoms with Crippen molar-refractivity contribution >= 4 is 5.91 Å². The number of ether oxygens (including phenoxy) is 1. The van der Waals surface area contributed by atoms with Gasteiger partial charge in [-0.05, 0) is 25.7 Å². The third kappa shape index (κ3) is 5.11. The average molecular weight is 268 g/mol. The summed E-state index contributed by atoms with van der Waals surface area (Å²) in [6.07, 6.45) is 11.4. The van der Waals surface area contributed by atoms with Gasteiger partial charge in [-0.25, -0.2) is 0 Å². The van der Waals surface area contributed by atoms with Gasteiger partial charge in [-0.1, -0.05) is 32.1 Å². The summed E-state index contributed by atoms with van der Waals surface area (Å²) in [7, 11) is 0. The van der Waals surface area contributed by atoms with E-state index in [0.717, 1.165) is 25.7 Å². The fourth-order valence-corrected chi connectivity index (χ4v) is 3.29. The topological polar surface area (TPSA) is 64.4 Å². The molecule has 0 spiro atoms. The normalized spacial score (nSPS) is 23.4. The van der Waals surface area contributed by atoms with E-state index in [-0.39, 0.29) is 11.4 Å². The van der Waals surface area contributed by atoms with Gasteiger partial charge in [0.2, 0.25) is 5.91 Å². The van der Waals surface area contributed by atoms with Gasteiger partial charge < -0.3 is 15.8 Å². The maximum absolute atomic E-state index is 11.9. The summed E-state index contributed by atoms with van der Waals surface area (Å²) >= 11 is 0. The zero-order valence-electron chi connectivity index (χ0n) is 12.0. The molecular weight excluding hydrogens is 240 g/mol. The van der Waals surface area contributed by atoms with E-state index >= 15 is 0 Å². The van der Waals surface area contributed by atoms with Gasteiger partial charge in [0.15, 0.2) is 0 Å². The minimum atomic E-state index is -0.255. The highest BCUT2D eigenvalue weighted by molar-refractivity contribution is 5.77. The Bertz CT molecular complexity index is 282. The molecule has 4 nitrogen and oxygen atoms in total. The second-order valence-corrected chi connectivity index (χ2v) is 6.23. The number of nitrogens with one attached hydrogen (secondary N) is 1. The van der Waals surface area contributed by atoms with Crippen LogP contribution in [0.2, 0.25) is 0 Å². The summed E-state index contributed by atoms with van der Waals surface area (Å²) in [5.74, 6) is 0.0828. The van der Waals surface area contributed by atoms with Crippen LogP contribution in [0.25, 0.3) is 0 Å². The van der Waals surface area contributed by atoms with Gasteiger partial charge in [0.25, 0.3) is 0 Å². The fourth-order valence-electron chi connectivity index (χ4n) is 3.29. The first-order valence-corrected chi connectivity index (χ1v) is 7.85. The molecular formula is C15H28N2O2. The van der Waals surface area contributed by atoms with E-state index in [0.29, 0.717) is 25.7 Å². The number of nitrogens with two attached hydrogens (primary N) is 1. The lowest BCUT2D eigenvalue weighted by atomic mass is 9.80. The highest BCUT2D eigenvalue weighted by atomic mass is 16.5. The lowest BCUT2D eigenvalue weighted by Gasteiger charge is -2.32. The van der Waals surface area contributed by atoms with E-state index in [2.05, 4.69) is 5.32 Å². The van der Waals surface area contributed by atoms with E-state index < -0.39 is 0 Å². The Kier molecular flexibility index (Phi) is 5.64. The Morgan fingerprint density at radius 3 is 2.53 bits per heavy atom. The van der Waals surface area contributed by atoms with Crippen LogP contribution in [-0.4, -0.2) is 30.7 Å². The second kappa shape index (κ2) is 7.25. The maximum Gasteiger partial charge on any atom is 0.221 e. The van der Waals surface area contributed by atoms with E-state index in [1.807, 2.05) is 0 Å². The highest BCUT2D eigenvalue weighted by Gasteiger charge is 2.29. The predicted octanol–water partition coefficient (Wildman–Crippen LogP) is 2.11. The molecule has 2 aliphatic carbocycles. The molecule has 0 heterocycles. The molecule has 1 amide bonds. The number of hydrogen-bond donors (Lipinski definition) is 2. The van der Waals surface area contributed by atoms with Crippen LogP contribution in [0, 0.1) is 0 Å². The number of rotatable bonds is 6. The minimum absolute atomic E-state index is 0.0828. The molecule has 2 rings (SSSR count). The van der Waals surface area contributed by atoms with E-state index in [1.54, 1.807) is 0 Å². The summed E-state index contributed by atoms with van der Waals surface area (Å²) in [5.41, 5.74) is 6.02. The number of hydrogen-bond acceptors (Lipinski definition) is 3. The van der Waals surface area contributed by atoms with E-state index in [1.165, 1.54) is 32.1 Å². The SMILES string of the molecule is NC1(CC(=O)NCCOC2CCCC2)CCCCC1. The first-order chi connectivity index (χ1) is 9.18. The van der Waals surface area contributed by atoms with Crippen molar-refractivity contribution in [1.82, 2.24) is 5.32 Å². The van der Waals surface area contributed by atoms with Gasteiger partial charge in [0, 0.05) is 18.5 Å². The minimum Gasteiger partial charge on any atom is -0.376 e. The Labute approximate surface area is 116 Å². The largest absolute Gasteiger partial charge is 0.376 e. The van der Waals surface area contributed by atoms with Gasteiger partial charge in [-0.15, -0.1) is 0 Å². The van der Waals surface area contributed by atoms with Crippen molar-refractivity contribution in [1.29, 1.82) is 0 Å². The molecule has 0 aromatic heterocycles. The van der Waals surface area contributed by atoms with Gasteiger partial charge in [-0.3, -0.25) is 4.79 Å². The van der Waals surface area contributed by atoms with Crippen LogP contribution in [0.3, 0.4) is 0 Å². The first kappa shape index (κ1) is 14.8. The van der Waals surface area contributed by atoms with Crippen LogP contribution < -0.4 is 11.1 Å². The summed E-state index contributed by atoms with van der Waals surface area (Å²) in [6, 6.07) is 0. The lowest BCUT2D eigenvalue weighted by Crippen LogP contribution is -2.46. The van der Waals surface area contributed by atoms with E-state index in [4.69, 9.17) is 10.5 Å². The quantitative estimate of drug-likeness (QED) is 0.725. The number of amides is 1. The van der Waals surface area contributed by atoms with Crippen molar-refractivity contribution in [2.24, 2.45) is 5.73 Å². The Hall–Kier alpha value is -0.610. The van der Waals surface area contributed by atoms with Crippen molar-refractivity contribution in [2.45, 2.75) is 75.9 Å². The van der Waals surface area contributed by atoms with Gasteiger partial charge in [0.05, 0.1) is 12.7 Å². The summed E-state index contributed by atoms with van der Waals surface area (Å²) in [4.78, 5) is 11.9. The molecule has 110 valence electrons. The molecule has 3 N–H and O–H groups in total. The van der Waals surface area contributed by atoms with Crippen molar-refractivity contribution < 1.29 is 9.53 Å². The molecule has 0 unspecified atom stereocenters.